The van der Waals surface area contributed by atoms with Crippen molar-refractivity contribution >= 4 is 29.4 Å². The van der Waals surface area contributed by atoms with Crippen molar-refractivity contribution in [3.8, 4) is 11.4 Å². The van der Waals surface area contributed by atoms with Crippen molar-refractivity contribution in [3.05, 3.63) is 66.4 Å². The average molecular weight is 359 g/mol. The third-order valence-electron chi connectivity index (χ3n) is 4.36. The van der Waals surface area contributed by atoms with Gasteiger partial charge in [0.1, 0.15) is 11.0 Å². The minimum absolute atomic E-state index is 0.459. The van der Waals surface area contributed by atoms with Crippen molar-refractivity contribution in [1.82, 2.24) is 19.7 Å². The van der Waals surface area contributed by atoms with Gasteiger partial charge in [-0.15, -0.1) is 0 Å². The predicted octanol–water partition coefficient (Wildman–Crippen LogP) is 1.32. The van der Waals surface area contributed by atoms with E-state index in [1.807, 2.05) is 49.5 Å². The lowest BCUT2D eigenvalue weighted by molar-refractivity contribution is 0.426. The Morgan fingerprint density at radius 1 is 1.00 bits per heavy atom. The van der Waals surface area contributed by atoms with Crippen LogP contribution in [-0.4, -0.2) is 36.9 Å². The van der Waals surface area contributed by atoms with E-state index in [1.54, 1.807) is 23.0 Å². The van der Waals surface area contributed by atoms with Crippen LogP contribution in [0.25, 0.3) is 22.4 Å². The van der Waals surface area contributed by atoms with Crippen molar-refractivity contribution < 1.29 is 10.0 Å². The lowest BCUT2D eigenvalue weighted by atomic mass is 9.80. The Balaban J connectivity index is 1.66. The predicted molar refractivity (Wildman–Crippen MR) is 105 cm³/mol. The Morgan fingerprint density at radius 2 is 1.74 bits per heavy atom. The van der Waals surface area contributed by atoms with Crippen LogP contribution in [0.2, 0.25) is 0 Å². The maximum absolute atomic E-state index is 9.20. The second-order valence-electron chi connectivity index (χ2n) is 6.23. The molecule has 0 aliphatic rings. The molecular weight excluding hydrogens is 341 g/mol. The summed E-state index contributed by atoms with van der Waals surface area (Å²) in [7, 11) is 0.396. The third kappa shape index (κ3) is 3.53. The highest BCUT2D eigenvalue weighted by atomic mass is 16.4. The van der Waals surface area contributed by atoms with Gasteiger partial charge in [0.25, 0.3) is 0 Å². The maximum atomic E-state index is 9.20. The van der Waals surface area contributed by atoms with Crippen molar-refractivity contribution in [3.63, 3.8) is 0 Å². The molecule has 134 valence electrons. The molecule has 2 aromatic carbocycles. The van der Waals surface area contributed by atoms with Gasteiger partial charge >= 0.3 is 7.12 Å². The molecule has 0 fully saturated rings. The molecule has 4 aromatic rings. The number of anilines is 1. The topological polar surface area (TPSA) is 96.1 Å². The molecule has 0 unspecified atom stereocenters. The van der Waals surface area contributed by atoms with E-state index in [9.17, 15) is 10.0 Å². The zero-order valence-corrected chi connectivity index (χ0v) is 14.7. The largest absolute Gasteiger partial charge is 0.488 e. The minimum Gasteiger partial charge on any atom is -0.423 e. The zero-order chi connectivity index (χ0) is 18.8. The van der Waals surface area contributed by atoms with Crippen LogP contribution in [0.3, 0.4) is 0 Å². The van der Waals surface area contributed by atoms with Crippen LogP contribution >= 0.6 is 0 Å². The van der Waals surface area contributed by atoms with Crippen LogP contribution in [0.1, 0.15) is 5.56 Å². The quantitative estimate of drug-likeness (QED) is 0.465. The second-order valence-corrected chi connectivity index (χ2v) is 6.23. The maximum Gasteiger partial charge on any atom is 0.488 e. The summed E-state index contributed by atoms with van der Waals surface area (Å²) >= 11 is 0. The van der Waals surface area contributed by atoms with Gasteiger partial charge in [-0.25, -0.2) is 9.97 Å². The average Bonchev–Trinajstić information content (AvgIpc) is 3.08. The monoisotopic (exact) mass is 359 g/mol. The number of hydrogen-bond acceptors (Lipinski definition) is 6. The molecule has 0 saturated carbocycles. The first-order valence-corrected chi connectivity index (χ1v) is 8.56. The Morgan fingerprint density at radius 3 is 2.44 bits per heavy atom. The summed E-state index contributed by atoms with van der Waals surface area (Å²) in [6, 6.07) is 16.9. The first-order chi connectivity index (χ1) is 13.1. The molecule has 8 heteroatoms. The second kappa shape index (κ2) is 7.18. The van der Waals surface area contributed by atoms with Crippen molar-refractivity contribution in [2.24, 2.45) is 7.05 Å². The van der Waals surface area contributed by atoms with Gasteiger partial charge in [-0.3, -0.25) is 4.68 Å². The molecule has 0 atom stereocenters. The molecule has 2 aromatic heterocycles. The third-order valence-corrected chi connectivity index (χ3v) is 4.36. The van der Waals surface area contributed by atoms with Crippen molar-refractivity contribution in [1.29, 1.82) is 0 Å². The number of benzene rings is 2. The van der Waals surface area contributed by atoms with E-state index in [-0.39, 0.29) is 0 Å². The van der Waals surface area contributed by atoms with Crippen LogP contribution < -0.4 is 10.8 Å². The standard InChI is InChI=1S/C19H18BN5O2/c1-25-17-16(12-22-25)23-18(14-5-3-2-4-6-14)24-19(17)21-11-13-7-9-15(10-8-13)20(26)27/h2-10,12,26-27H,11H2,1H3,(H,21,23,24). The molecule has 0 saturated heterocycles. The molecule has 0 radical (unpaired) electrons. The number of nitrogens with zero attached hydrogens (tertiary/aromatic N) is 4. The fourth-order valence-corrected chi connectivity index (χ4v) is 2.91. The first-order valence-electron chi connectivity index (χ1n) is 8.56. The molecule has 0 aliphatic carbocycles. The molecule has 27 heavy (non-hydrogen) atoms. The lowest BCUT2D eigenvalue weighted by Crippen LogP contribution is -2.29. The number of aryl methyl sites for hydroxylation is 1. The summed E-state index contributed by atoms with van der Waals surface area (Å²) in [6.45, 7) is 0.535. The van der Waals surface area contributed by atoms with Crippen molar-refractivity contribution in [2.75, 3.05) is 5.32 Å². The van der Waals surface area contributed by atoms with Crippen LogP contribution in [-0.2, 0) is 13.6 Å². The lowest BCUT2D eigenvalue weighted by Gasteiger charge is -2.10. The summed E-state index contributed by atoms with van der Waals surface area (Å²) < 4.78 is 1.75. The van der Waals surface area contributed by atoms with Gasteiger partial charge in [0.15, 0.2) is 11.6 Å². The fraction of sp³-hybridized carbons (Fsp3) is 0.105. The summed E-state index contributed by atoms with van der Waals surface area (Å²) in [5, 5.41) is 26.0. The number of aromatic nitrogens is 4. The van der Waals surface area contributed by atoms with E-state index in [1.165, 1.54) is 0 Å². The molecule has 0 spiro atoms. The number of nitrogens with one attached hydrogen (secondary N) is 1. The smallest absolute Gasteiger partial charge is 0.423 e. The van der Waals surface area contributed by atoms with E-state index >= 15 is 0 Å². The molecular formula is C19H18BN5O2. The Hall–Kier alpha value is -3.23. The van der Waals surface area contributed by atoms with Crippen LogP contribution in [0.4, 0.5) is 5.82 Å². The highest BCUT2D eigenvalue weighted by Gasteiger charge is 2.14. The normalized spacial score (nSPS) is 10.9. The van der Waals surface area contributed by atoms with Crippen LogP contribution in [0, 0.1) is 0 Å². The van der Waals surface area contributed by atoms with E-state index in [2.05, 4.69) is 15.4 Å². The molecule has 4 rings (SSSR count). The van der Waals surface area contributed by atoms with E-state index < -0.39 is 7.12 Å². The van der Waals surface area contributed by atoms with E-state index in [0.717, 1.165) is 22.2 Å². The van der Waals surface area contributed by atoms with Crippen molar-refractivity contribution in [2.45, 2.75) is 6.54 Å². The highest BCUT2D eigenvalue weighted by molar-refractivity contribution is 6.58. The first kappa shape index (κ1) is 17.2. The number of fused-ring (bicyclic) bond motifs is 1. The molecule has 3 N–H and O–H groups in total. The van der Waals surface area contributed by atoms with Gasteiger partial charge in [0, 0.05) is 19.2 Å². The molecule has 0 amide bonds. The SMILES string of the molecule is Cn1ncc2nc(-c3ccccc3)nc(NCc3ccc(B(O)O)cc3)c21. The Labute approximate surface area is 156 Å². The summed E-state index contributed by atoms with van der Waals surface area (Å²) in [6.07, 6.45) is 1.73. The molecule has 0 aliphatic heterocycles. The van der Waals surface area contributed by atoms with Gasteiger partial charge in [-0.1, -0.05) is 54.6 Å². The van der Waals surface area contributed by atoms with Gasteiger partial charge in [-0.2, -0.15) is 5.10 Å². The fourth-order valence-electron chi connectivity index (χ4n) is 2.91. The molecule has 2 heterocycles. The molecule has 0 bridgehead atoms. The number of rotatable bonds is 5. The van der Waals surface area contributed by atoms with Gasteiger partial charge in [0.2, 0.25) is 0 Å². The zero-order valence-electron chi connectivity index (χ0n) is 14.7. The summed E-state index contributed by atoms with van der Waals surface area (Å²) in [5.41, 5.74) is 3.99. The van der Waals surface area contributed by atoms with Crippen LogP contribution in [0.5, 0.6) is 0 Å². The van der Waals surface area contributed by atoms with Gasteiger partial charge in [-0.05, 0) is 11.0 Å². The Kier molecular flexibility index (Phi) is 4.58. The van der Waals surface area contributed by atoms with Gasteiger partial charge in [0.05, 0.1) is 6.20 Å². The summed E-state index contributed by atoms with van der Waals surface area (Å²) in [4.78, 5) is 9.32. The van der Waals surface area contributed by atoms with E-state index in [4.69, 9.17) is 4.98 Å². The van der Waals surface area contributed by atoms with E-state index in [0.29, 0.717) is 23.6 Å². The molecule has 7 nitrogen and oxygen atoms in total. The number of hydrogen-bond donors (Lipinski definition) is 3. The highest BCUT2D eigenvalue weighted by Crippen LogP contribution is 2.24. The van der Waals surface area contributed by atoms with Crippen LogP contribution in [0.15, 0.2) is 60.8 Å². The minimum atomic E-state index is -1.46. The van der Waals surface area contributed by atoms with Gasteiger partial charge < -0.3 is 15.4 Å². The Bertz CT molecular complexity index is 1060. The summed E-state index contributed by atoms with van der Waals surface area (Å²) in [5.74, 6) is 1.34.